The quantitative estimate of drug-likeness (QED) is 0.783. The zero-order valence-corrected chi connectivity index (χ0v) is 10.1. The number of hydrogen-bond donors (Lipinski definition) is 2. The maximum absolute atomic E-state index is 11.5. The minimum absolute atomic E-state index is 0.179. The normalized spacial score (nSPS) is 14.6. The van der Waals surface area contributed by atoms with E-state index in [2.05, 4.69) is 29.6 Å². The van der Waals surface area contributed by atoms with E-state index in [-0.39, 0.29) is 5.91 Å². The Morgan fingerprint density at radius 1 is 1.24 bits per heavy atom. The third-order valence-corrected chi connectivity index (χ3v) is 3.12. The van der Waals surface area contributed by atoms with E-state index in [1.54, 1.807) is 0 Å². The minimum Gasteiger partial charge on any atom is -0.352 e. The van der Waals surface area contributed by atoms with Crippen LogP contribution in [0.3, 0.4) is 0 Å². The lowest BCUT2D eigenvalue weighted by Crippen LogP contribution is -2.22. The van der Waals surface area contributed by atoms with Gasteiger partial charge in [0.05, 0.1) is 0 Å². The van der Waals surface area contributed by atoms with E-state index in [0.29, 0.717) is 25.4 Å². The van der Waals surface area contributed by atoms with E-state index in [1.165, 1.54) is 18.4 Å². The maximum Gasteiger partial charge on any atom is 0.220 e. The molecule has 0 saturated heterocycles. The average Bonchev–Trinajstić information content (AvgIpc) is 3.12. The Bertz CT molecular complexity index is 368. The van der Waals surface area contributed by atoms with Crippen molar-refractivity contribution in [2.45, 2.75) is 32.2 Å². The highest BCUT2D eigenvalue weighted by Gasteiger charge is 2.23. The smallest absolute Gasteiger partial charge is 0.220 e. The summed E-state index contributed by atoms with van der Waals surface area (Å²) in [5.41, 5.74) is 7.89. The molecule has 0 heterocycles. The Balaban J connectivity index is 1.75. The summed E-state index contributed by atoms with van der Waals surface area (Å²) in [4.78, 5) is 11.5. The molecule has 92 valence electrons. The third kappa shape index (κ3) is 4.19. The van der Waals surface area contributed by atoms with Gasteiger partial charge in [-0.3, -0.25) is 4.79 Å². The Morgan fingerprint density at radius 3 is 2.47 bits per heavy atom. The monoisotopic (exact) mass is 232 g/mol. The van der Waals surface area contributed by atoms with Crippen molar-refractivity contribution >= 4 is 5.91 Å². The molecule has 0 atom stereocenters. The second-order valence-electron chi connectivity index (χ2n) is 4.78. The molecule has 3 N–H and O–H groups in total. The molecule has 1 amide bonds. The topological polar surface area (TPSA) is 55.1 Å². The minimum atomic E-state index is 0.179. The van der Waals surface area contributed by atoms with Crippen LogP contribution in [-0.4, -0.2) is 12.5 Å². The van der Waals surface area contributed by atoms with Crippen LogP contribution >= 0.6 is 0 Å². The summed E-state index contributed by atoms with van der Waals surface area (Å²) >= 11 is 0. The van der Waals surface area contributed by atoms with Gasteiger partial charge in [-0.1, -0.05) is 24.3 Å². The Labute approximate surface area is 102 Å². The van der Waals surface area contributed by atoms with Crippen molar-refractivity contribution in [3.63, 3.8) is 0 Å². The molecule has 0 unspecified atom stereocenters. The predicted molar refractivity (Wildman–Crippen MR) is 68.4 cm³/mol. The molecule has 0 radical (unpaired) electrons. The first-order valence-electron chi connectivity index (χ1n) is 6.32. The lowest BCUT2D eigenvalue weighted by molar-refractivity contribution is -0.121. The van der Waals surface area contributed by atoms with E-state index < -0.39 is 0 Å². The summed E-state index contributed by atoms with van der Waals surface area (Å²) in [6, 6.07) is 8.27. The first-order chi connectivity index (χ1) is 8.28. The molecule has 1 fully saturated rings. The van der Waals surface area contributed by atoms with Crippen molar-refractivity contribution in [1.29, 1.82) is 0 Å². The highest BCUT2D eigenvalue weighted by molar-refractivity contribution is 5.76. The standard InChI is InChI=1S/C14H20N2O/c15-8-7-11-1-5-13(6-2-11)10-16-14(17)9-12-3-4-12/h1-2,5-6,12H,3-4,7-10,15H2,(H,16,17). The largest absolute Gasteiger partial charge is 0.352 e. The van der Waals surface area contributed by atoms with Gasteiger partial charge >= 0.3 is 0 Å². The molecule has 2 rings (SSSR count). The molecule has 17 heavy (non-hydrogen) atoms. The predicted octanol–water partition coefficient (Wildman–Crippen LogP) is 1.60. The summed E-state index contributed by atoms with van der Waals surface area (Å²) in [6.07, 6.45) is 4.06. The number of nitrogens with one attached hydrogen (secondary N) is 1. The van der Waals surface area contributed by atoms with Crippen molar-refractivity contribution in [2.75, 3.05) is 6.54 Å². The number of benzene rings is 1. The third-order valence-electron chi connectivity index (χ3n) is 3.12. The van der Waals surface area contributed by atoms with Crippen LogP contribution in [0.15, 0.2) is 24.3 Å². The van der Waals surface area contributed by atoms with Crippen molar-refractivity contribution in [1.82, 2.24) is 5.32 Å². The lowest BCUT2D eigenvalue weighted by atomic mass is 10.1. The second kappa shape index (κ2) is 5.82. The van der Waals surface area contributed by atoms with Crippen molar-refractivity contribution in [2.24, 2.45) is 11.7 Å². The van der Waals surface area contributed by atoms with Crippen LogP contribution in [0, 0.1) is 5.92 Å². The summed E-state index contributed by atoms with van der Waals surface area (Å²) in [7, 11) is 0. The Hall–Kier alpha value is -1.35. The molecule has 1 aromatic rings. The molecule has 1 aliphatic carbocycles. The molecular formula is C14H20N2O. The van der Waals surface area contributed by atoms with Crippen molar-refractivity contribution < 1.29 is 4.79 Å². The summed E-state index contributed by atoms with van der Waals surface area (Å²) in [6.45, 7) is 1.31. The molecule has 1 aliphatic rings. The van der Waals surface area contributed by atoms with Crippen LogP contribution in [0.5, 0.6) is 0 Å². The van der Waals surface area contributed by atoms with Crippen molar-refractivity contribution in [3.8, 4) is 0 Å². The van der Waals surface area contributed by atoms with Gasteiger partial charge in [-0.05, 0) is 42.9 Å². The van der Waals surface area contributed by atoms with E-state index in [4.69, 9.17) is 5.73 Å². The van der Waals surface area contributed by atoms with Crippen LogP contribution < -0.4 is 11.1 Å². The van der Waals surface area contributed by atoms with Crippen LogP contribution in [-0.2, 0) is 17.8 Å². The number of rotatable bonds is 6. The van der Waals surface area contributed by atoms with Crippen LogP contribution in [0.4, 0.5) is 0 Å². The summed E-state index contributed by atoms with van der Waals surface area (Å²) in [5, 5.41) is 2.96. The van der Waals surface area contributed by atoms with Crippen LogP contribution in [0.25, 0.3) is 0 Å². The highest BCUT2D eigenvalue weighted by Crippen LogP contribution is 2.32. The SMILES string of the molecule is NCCc1ccc(CNC(=O)CC2CC2)cc1. The maximum atomic E-state index is 11.5. The number of carbonyl (C=O) groups is 1. The number of nitrogens with two attached hydrogens (primary N) is 1. The number of hydrogen-bond acceptors (Lipinski definition) is 2. The van der Waals surface area contributed by atoms with Gasteiger partial charge in [0.2, 0.25) is 5.91 Å². The fourth-order valence-corrected chi connectivity index (χ4v) is 1.85. The average molecular weight is 232 g/mol. The molecule has 0 aromatic heterocycles. The van der Waals surface area contributed by atoms with E-state index in [0.717, 1.165) is 12.0 Å². The number of carbonyl (C=O) groups excluding carboxylic acids is 1. The highest BCUT2D eigenvalue weighted by atomic mass is 16.1. The van der Waals surface area contributed by atoms with Gasteiger partial charge in [0.15, 0.2) is 0 Å². The van der Waals surface area contributed by atoms with E-state index in [9.17, 15) is 4.79 Å². The fraction of sp³-hybridized carbons (Fsp3) is 0.500. The fourth-order valence-electron chi connectivity index (χ4n) is 1.85. The van der Waals surface area contributed by atoms with Crippen LogP contribution in [0.1, 0.15) is 30.4 Å². The Morgan fingerprint density at radius 2 is 1.88 bits per heavy atom. The zero-order chi connectivity index (χ0) is 12.1. The molecule has 1 saturated carbocycles. The Kier molecular flexibility index (Phi) is 4.15. The summed E-state index contributed by atoms with van der Waals surface area (Å²) < 4.78 is 0. The molecule has 3 heteroatoms. The zero-order valence-electron chi connectivity index (χ0n) is 10.1. The first kappa shape index (κ1) is 12.1. The number of amides is 1. The molecule has 0 spiro atoms. The second-order valence-corrected chi connectivity index (χ2v) is 4.78. The van der Waals surface area contributed by atoms with Gasteiger partial charge in [0.1, 0.15) is 0 Å². The van der Waals surface area contributed by atoms with Gasteiger partial charge in [0, 0.05) is 13.0 Å². The van der Waals surface area contributed by atoms with Gasteiger partial charge in [-0.25, -0.2) is 0 Å². The molecule has 0 bridgehead atoms. The molecular weight excluding hydrogens is 212 g/mol. The summed E-state index contributed by atoms with van der Waals surface area (Å²) in [5.74, 6) is 0.834. The van der Waals surface area contributed by atoms with Gasteiger partial charge in [-0.2, -0.15) is 0 Å². The van der Waals surface area contributed by atoms with Crippen LogP contribution in [0.2, 0.25) is 0 Å². The van der Waals surface area contributed by atoms with E-state index in [1.807, 2.05) is 0 Å². The van der Waals surface area contributed by atoms with Gasteiger partial charge in [-0.15, -0.1) is 0 Å². The van der Waals surface area contributed by atoms with Gasteiger partial charge < -0.3 is 11.1 Å². The molecule has 1 aromatic carbocycles. The molecule has 0 aliphatic heterocycles. The van der Waals surface area contributed by atoms with Crippen molar-refractivity contribution in [3.05, 3.63) is 35.4 Å². The van der Waals surface area contributed by atoms with Gasteiger partial charge in [0.25, 0.3) is 0 Å². The first-order valence-corrected chi connectivity index (χ1v) is 6.32. The van der Waals surface area contributed by atoms with E-state index >= 15 is 0 Å². The molecule has 3 nitrogen and oxygen atoms in total. The lowest BCUT2D eigenvalue weighted by Gasteiger charge is -2.06.